The largest absolute Gasteiger partial charge is 0.490 e. The van der Waals surface area contributed by atoms with Crippen molar-refractivity contribution in [2.75, 3.05) is 14.1 Å². The molecule has 2 aromatic rings. The second kappa shape index (κ2) is 9.88. The van der Waals surface area contributed by atoms with Crippen molar-refractivity contribution in [1.29, 1.82) is 0 Å². The first-order valence-electron chi connectivity index (χ1n) is 9.65. The molecule has 2 rings (SSSR count). The van der Waals surface area contributed by atoms with Gasteiger partial charge < -0.3 is 9.64 Å². The van der Waals surface area contributed by atoms with E-state index in [1.54, 1.807) is 50.5 Å². The minimum absolute atomic E-state index is 0.0571. The number of amides is 1. The Labute approximate surface area is 167 Å². The summed E-state index contributed by atoms with van der Waals surface area (Å²) in [5.41, 5.74) is 3.22. The van der Waals surface area contributed by atoms with Gasteiger partial charge in [0.1, 0.15) is 5.75 Å². The van der Waals surface area contributed by atoms with Gasteiger partial charge in [-0.25, -0.2) is 0 Å². The van der Waals surface area contributed by atoms with E-state index in [9.17, 15) is 9.59 Å². The minimum Gasteiger partial charge on any atom is -0.490 e. The molecular weight excluding hydrogens is 350 g/mol. The fraction of sp³-hybridized carbons (Fsp3) is 0.333. The van der Waals surface area contributed by atoms with Gasteiger partial charge in [0.15, 0.2) is 5.78 Å². The lowest BCUT2D eigenvalue weighted by Gasteiger charge is -2.13. The third-order valence-corrected chi connectivity index (χ3v) is 4.21. The van der Waals surface area contributed by atoms with Crippen LogP contribution in [0.15, 0.2) is 48.5 Å². The molecule has 0 bridgehead atoms. The molecule has 0 spiro atoms. The van der Waals surface area contributed by atoms with Gasteiger partial charge in [-0.05, 0) is 62.2 Å². The van der Waals surface area contributed by atoms with Crippen LogP contribution in [0.3, 0.4) is 0 Å². The number of hydrogen-bond donors (Lipinski definition) is 0. The second-order valence-corrected chi connectivity index (χ2v) is 7.26. The normalized spacial score (nSPS) is 11.1. The summed E-state index contributed by atoms with van der Waals surface area (Å²) >= 11 is 0. The Balaban J connectivity index is 2.22. The highest BCUT2D eigenvalue weighted by molar-refractivity contribution is 6.07. The summed E-state index contributed by atoms with van der Waals surface area (Å²) in [6.45, 7) is 6.10. The molecule has 4 heteroatoms. The van der Waals surface area contributed by atoms with E-state index >= 15 is 0 Å². The van der Waals surface area contributed by atoms with Crippen LogP contribution in [-0.4, -0.2) is 36.8 Å². The highest BCUT2D eigenvalue weighted by Gasteiger charge is 2.10. The van der Waals surface area contributed by atoms with Crippen LogP contribution < -0.4 is 4.74 Å². The smallest absolute Gasteiger partial charge is 0.253 e. The number of benzene rings is 2. The maximum Gasteiger partial charge on any atom is 0.253 e. The molecule has 0 heterocycles. The van der Waals surface area contributed by atoms with E-state index in [1.165, 1.54) is 10.5 Å². The van der Waals surface area contributed by atoms with Gasteiger partial charge in [0, 0.05) is 30.8 Å². The van der Waals surface area contributed by atoms with Gasteiger partial charge in [-0.15, -0.1) is 0 Å². The van der Waals surface area contributed by atoms with Gasteiger partial charge in [0.2, 0.25) is 0 Å². The lowest BCUT2D eigenvalue weighted by Crippen LogP contribution is -2.21. The lowest BCUT2D eigenvalue weighted by atomic mass is 10.0. The van der Waals surface area contributed by atoms with E-state index in [2.05, 4.69) is 19.1 Å². The molecule has 0 saturated heterocycles. The predicted molar refractivity (Wildman–Crippen MR) is 114 cm³/mol. The molecule has 0 unspecified atom stereocenters. The third kappa shape index (κ3) is 5.81. The topological polar surface area (TPSA) is 46.6 Å². The number of rotatable bonds is 8. The predicted octanol–water partition coefficient (Wildman–Crippen LogP) is 5.02. The molecule has 28 heavy (non-hydrogen) atoms. The first-order chi connectivity index (χ1) is 13.3. The molecule has 0 aliphatic carbocycles. The number of carbonyl (C=O) groups excluding carboxylic acids is 2. The molecule has 0 aliphatic rings. The summed E-state index contributed by atoms with van der Waals surface area (Å²) in [4.78, 5) is 26.0. The molecule has 4 nitrogen and oxygen atoms in total. The molecule has 0 N–H and O–H groups in total. The average Bonchev–Trinajstić information content (AvgIpc) is 2.67. The molecule has 148 valence electrons. The first-order valence-corrected chi connectivity index (χ1v) is 9.65. The van der Waals surface area contributed by atoms with E-state index in [-0.39, 0.29) is 17.8 Å². The van der Waals surface area contributed by atoms with Crippen molar-refractivity contribution in [3.63, 3.8) is 0 Å². The van der Waals surface area contributed by atoms with Crippen LogP contribution in [-0.2, 0) is 6.42 Å². The van der Waals surface area contributed by atoms with Crippen molar-refractivity contribution < 1.29 is 14.3 Å². The van der Waals surface area contributed by atoms with Crippen molar-refractivity contribution >= 4 is 17.8 Å². The van der Waals surface area contributed by atoms with Crippen LogP contribution >= 0.6 is 0 Å². The third-order valence-electron chi connectivity index (χ3n) is 4.21. The van der Waals surface area contributed by atoms with Crippen LogP contribution in [0.5, 0.6) is 5.75 Å². The van der Waals surface area contributed by atoms with Crippen molar-refractivity contribution in [2.45, 2.75) is 39.7 Å². The summed E-state index contributed by atoms with van der Waals surface area (Å²) in [5.74, 6) is 0.573. The van der Waals surface area contributed by atoms with Crippen LogP contribution in [0, 0.1) is 0 Å². The van der Waals surface area contributed by atoms with Crippen LogP contribution in [0.1, 0.15) is 59.0 Å². The SMILES string of the molecule is CCCc1ccc(OC(C)C)c(C=CC(=O)c2ccc(C(=O)N(C)C)cc2)c1. The van der Waals surface area contributed by atoms with Gasteiger partial charge in [-0.1, -0.05) is 31.5 Å². The molecule has 0 radical (unpaired) electrons. The second-order valence-electron chi connectivity index (χ2n) is 7.26. The number of hydrogen-bond acceptors (Lipinski definition) is 3. The van der Waals surface area contributed by atoms with E-state index in [0.717, 1.165) is 24.2 Å². The summed E-state index contributed by atoms with van der Waals surface area (Å²) in [5, 5.41) is 0. The zero-order valence-electron chi connectivity index (χ0n) is 17.4. The van der Waals surface area contributed by atoms with Gasteiger partial charge in [0.25, 0.3) is 5.91 Å². The Kier molecular flexibility index (Phi) is 7.56. The number of allylic oxidation sites excluding steroid dienone is 1. The van der Waals surface area contributed by atoms with Crippen LogP contribution in [0.25, 0.3) is 6.08 Å². The quantitative estimate of drug-likeness (QED) is 0.478. The summed E-state index contributed by atoms with van der Waals surface area (Å²) in [7, 11) is 3.40. The fourth-order valence-electron chi connectivity index (χ4n) is 2.83. The molecule has 1 amide bonds. The molecule has 0 atom stereocenters. The standard InChI is InChI=1S/C24H29NO3/c1-6-7-18-8-15-23(28-17(2)3)21(16-18)13-14-22(26)19-9-11-20(12-10-19)24(27)25(4)5/h8-17H,6-7H2,1-5H3. The summed E-state index contributed by atoms with van der Waals surface area (Å²) in [6, 6.07) is 12.8. The summed E-state index contributed by atoms with van der Waals surface area (Å²) < 4.78 is 5.88. The number of ketones is 1. The first kappa shape index (κ1) is 21.4. The number of aryl methyl sites for hydroxylation is 1. The average molecular weight is 380 g/mol. The van der Waals surface area contributed by atoms with E-state index in [4.69, 9.17) is 4.74 Å². The molecule has 0 fully saturated rings. The Bertz CT molecular complexity index is 849. The molecule has 0 saturated carbocycles. The van der Waals surface area contributed by atoms with Crippen molar-refractivity contribution in [3.8, 4) is 5.75 Å². The van der Waals surface area contributed by atoms with Gasteiger partial charge in [0.05, 0.1) is 6.10 Å². The van der Waals surface area contributed by atoms with Gasteiger partial charge >= 0.3 is 0 Å². The zero-order chi connectivity index (χ0) is 20.7. The fourth-order valence-corrected chi connectivity index (χ4v) is 2.83. The Morgan fingerprint density at radius 1 is 1.04 bits per heavy atom. The molecule has 2 aromatic carbocycles. The van der Waals surface area contributed by atoms with Gasteiger partial charge in [-0.3, -0.25) is 9.59 Å². The monoisotopic (exact) mass is 379 g/mol. The van der Waals surface area contributed by atoms with Crippen molar-refractivity contribution in [3.05, 3.63) is 70.8 Å². The Hall–Kier alpha value is -2.88. The maximum atomic E-state index is 12.6. The van der Waals surface area contributed by atoms with Gasteiger partial charge in [-0.2, -0.15) is 0 Å². The van der Waals surface area contributed by atoms with Crippen molar-refractivity contribution in [2.24, 2.45) is 0 Å². The molecule has 0 aromatic heterocycles. The summed E-state index contributed by atoms with van der Waals surface area (Å²) in [6.07, 6.45) is 5.46. The zero-order valence-corrected chi connectivity index (χ0v) is 17.4. The van der Waals surface area contributed by atoms with E-state index < -0.39 is 0 Å². The number of ether oxygens (including phenoxy) is 1. The number of carbonyl (C=O) groups is 2. The van der Waals surface area contributed by atoms with Crippen LogP contribution in [0.4, 0.5) is 0 Å². The Morgan fingerprint density at radius 2 is 1.68 bits per heavy atom. The van der Waals surface area contributed by atoms with Crippen LogP contribution in [0.2, 0.25) is 0 Å². The highest BCUT2D eigenvalue weighted by Crippen LogP contribution is 2.24. The van der Waals surface area contributed by atoms with E-state index in [1.807, 2.05) is 19.9 Å². The lowest BCUT2D eigenvalue weighted by molar-refractivity contribution is 0.0827. The highest BCUT2D eigenvalue weighted by atomic mass is 16.5. The Morgan fingerprint density at radius 3 is 2.25 bits per heavy atom. The molecule has 0 aliphatic heterocycles. The van der Waals surface area contributed by atoms with E-state index in [0.29, 0.717) is 11.1 Å². The van der Waals surface area contributed by atoms with Crippen molar-refractivity contribution in [1.82, 2.24) is 4.90 Å². The maximum absolute atomic E-state index is 12.6. The molecular formula is C24H29NO3. The minimum atomic E-state index is -0.111. The number of nitrogens with zero attached hydrogens (tertiary/aromatic N) is 1.